The average molecular weight is 291 g/mol. The first-order valence-corrected chi connectivity index (χ1v) is 6.36. The molecule has 1 aromatic carbocycles. The van der Waals surface area contributed by atoms with Crippen molar-refractivity contribution in [2.24, 2.45) is 0 Å². The van der Waals surface area contributed by atoms with Crippen molar-refractivity contribution in [1.82, 2.24) is 14.6 Å². The molecule has 0 radical (unpaired) electrons. The lowest BCUT2D eigenvalue weighted by Gasteiger charge is -2.12. The van der Waals surface area contributed by atoms with Gasteiger partial charge in [0.15, 0.2) is 5.65 Å². The summed E-state index contributed by atoms with van der Waals surface area (Å²) in [5, 5.41) is 4.26. The van der Waals surface area contributed by atoms with Gasteiger partial charge in [-0.1, -0.05) is 18.2 Å². The standard InChI is InChI=1S/C15H12F3N3/c1-9-7-13(20-21-8-10(2)19-14(9)21)11-5-3-4-6-12(11)15(16,17)18/h3-8H,1-2H3. The van der Waals surface area contributed by atoms with Gasteiger partial charge in [0.05, 0.1) is 23.1 Å². The first-order valence-electron chi connectivity index (χ1n) is 6.36. The van der Waals surface area contributed by atoms with Gasteiger partial charge in [-0.05, 0) is 31.5 Å². The fraction of sp³-hybridized carbons (Fsp3) is 0.200. The van der Waals surface area contributed by atoms with Crippen LogP contribution in [0.5, 0.6) is 0 Å². The minimum Gasteiger partial charge on any atom is -0.232 e. The number of rotatable bonds is 1. The summed E-state index contributed by atoms with van der Waals surface area (Å²) in [6, 6.07) is 7.08. The number of benzene rings is 1. The van der Waals surface area contributed by atoms with Gasteiger partial charge < -0.3 is 0 Å². The smallest absolute Gasteiger partial charge is 0.232 e. The van der Waals surface area contributed by atoms with Gasteiger partial charge in [0.25, 0.3) is 0 Å². The molecule has 0 saturated carbocycles. The van der Waals surface area contributed by atoms with Gasteiger partial charge in [-0.15, -0.1) is 0 Å². The number of aryl methyl sites for hydroxylation is 2. The van der Waals surface area contributed by atoms with Gasteiger partial charge in [-0.25, -0.2) is 9.50 Å². The van der Waals surface area contributed by atoms with Crippen molar-refractivity contribution < 1.29 is 13.2 Å². The molecule has 21 heavy (non-hydrogen) atoms. The molecule has 0 N–H and O–H groups in total. The quantitative estimate of drug-likeness (QED) is 0.677. The molecule has 0 atom stereocenters. The van der Waals surface area contributed by atoms with E-state index in [9.17, 15) is 13.2 Å². The maximum atomic E-state index is 13.1. The Morgan fingerprint density at radius 2 is 1.81 bits per heavy atom. The van der Waals surface area contributed by atoms with Crippen LogP contribution in [0.25, 0.3) is 16.9 Å². The number of hydrogen-bond donors (Lipinski definition) is 0. The van der Waals surface area contributed by atoms with E-state index in [1.165, 1.54) is 16.6 Å². The van der Waals surface area contributed by atoms with E-state index in [2.05, 4.69) is 10.1 Å². The summed E-state index contributed by atoms with van der Waals surface area (Å²) in [6.45, 7) is 3.63. The minimum atomic E-state index is -4.41. The Morgan fingerprint density at radius 1 is 1.10 bits per heavy atom. The second-order valence-electron chi connectivity index (χ2n) is 4.91. The predicted octanol–water partition coefficient (Wildman–Crippen LogP) is 4.03. The molecule has 6 heteroatoms. The fourth-order valence-corrected chi connectivity index (χ4v) is 2.33. The maximum Gasteiger partial charge on any atom is 0.417 e. The molecule has 108 valence electrons. The molecule has 0 saturated heterocycles. The Labute approximate surface area is 119 Å². The van der Waals surface area contributed by atoms with Crippen LogP contribution >= 0.6 is 0 Å². The summed E-state index contributed by atoms with van der Waals surface area (Å²) in [5.74, 6) is 0. The second-order valence-corrected chi connectivity index (χ2v) is 4.91. The zero-order valence-electron chi connectivity index (χ0n) is 11.4. The van der Waals surface area contributed by atoms with Gasteiger partial charge >= 0.3 is 6.18 Å². The number of hydrogen-bond acceptors (Lipinski definition) is 2. The van der Waals surface area contributed by atoms with E-state index >= 15 is 0 Å². The molecule has 0 bridgehead atoms. The highest BCUT2D eigenvalue weighted by atomic mass is 19.4. The summed E-state index contributed by atoms with van der Waals surface area (Å²) >= 11 is 0. The van der Waals surface area contributed by atoms with Crippen LogP contribution in [0, 0.1) is 13.8 Å². The maximum absolute atomic E-state index is 13.1. The van der Waals surface area contributed by atoms with Crippen LogP contribution in [0.2, 0.25) is 0 Å². The number of fused-ring (bicyclic) bond motifs is 1. The zero-order valence-corrected chi connectivity index (χ0v) is 11.4. The minimum absolute atomic E-state index is 0.0707. The van der Waals surface area contributed by atoms with Crippen molar-refractivity contribution in [3.8, 4) is 11.3 Å². The Hall–Kier alpha value is -2.37. The van der Waals surface area contributed by atoms with Gasteiger partial charge in [0, 0.05) is 5.56 Å². The van der Waals surface area contributed by atoms with Crippen LogP contribution in [0.1, 0.15) is 16.8 Å². The zero-order chi connectivity index (χ0) is 15.2. The normalized spacial score (nSPS) is 12.0. The second kappa shape index (κ2) is 4.58. The number of halogens is 3. The molecule has 0 fully saturated rings. The molecule has 0 aliphatic rings. The molecule has 0 spiro atoms. The Bertz CT molecular complexity index is 819. The third-order valence-corrected chi connectivity index (χ3v) is 3.24. The Morgan fingerprint density at radius 3 is 2.52 bits per heavy atom. The molecule has 3 rings (SSSR count). The van der Waals surface area contributed by atoms with Crippen LogP contribution in [0.3, 0.4) is 0 Å². The molecule has 0 amide bonds. The molecular formula is C15H12F3N3. The van der Waals surface area contributed by atoms with Crippen LogP contribution in [-0.4, -0.2) is 14.6 Å². The van der Waals surface area contributed by atoms with Crippen molar-refractivity contribution in [2.45, 2.75) is 20.0 Å². The lowest BCUT2D eigenvalue weighted by atomic mass is 10.0. The highest BCUT2D eigenvalue weighted by Gasteiger charge is 2.33. The van der Waals surface area contributed by atoms with E-state index in [0.717, 1.165) is 17.3 Å². The number of imidazole rings is 1. The molecule has 3 nitrogen and oxygen atoms in total. The van der Waals surface area contributed by atoms with Gasteiger partial charge in [-0.2, -0.15) is 18.3 Å². The van der Waals surface area contributed by atoms with Crippen LogP contribution in [0.4, 0.5) is 13.2 Å². The Balaban J connectivity index is 2.26. The molecule has 2 heterocycles. The molecular weight excluding hydrogens is 279 g/mol. The highest BCUT2D eigenvalue weighted by Crippen LogP contribution is 2.36. The third kappa shape index (κ3) is 2.37. The summed E-state index contributed by atoms with van der Waals surface area (Å²) in [4.78, 5) is 4.30. The van der Waals surface area contributed by atoms with E-state index in [-0.39, 0.29) is 11.3 Å². The molecule has 2 aromatic heterocycles. The van der Waals surface area contributed by atoms with E-state index < -0.39 is 11.7 Å². The highest BCUT2D eigenvalue weighted by molar-refractivity contribution is 5.67. The summed E-state index contributed by atoms with van der Waals surface area (Å²) < 4.78 is 40.8. The lowest BCUT2D eigenvalue weighted by Crippen LogP contribution is -2.08. The summed E-state index contributed by atoms with van der Waals surface area (Å²) in [6.07, 6.45) is -2.71. The summed E-state index contributed by atoms with van der Waals surface area (Å²) in [7, 11) is 0. The number of aromatic nitrogens is 3. The largest absolute Gasteiger partial charge is 0.417 e. The SMILES string of the molecule is Cc1cn2nc(-c3ccccc3C(F)(F)F)cc(C)c2n1. The van der Waals surface area contributed by atoms with E-state index in [4.69, 9.17) is 0 Å². The van der Waals surface area contributed by atoms with Crippen LogP contribution < -0.4 is 0 Å². The first-order chi connectivity index (χ1) is 9.86. The number of nitrogens with zero attached hydrogens (tertiary/aromatic N) is 3. The topological polar surface area (TPSA) is 30.2 Å². The molecule has 3 aromatic rings. The summed E-state index contributed by atoms with van der Waals surface area (Å²) in [5.41, 5.74) is 1.87. The molecule has 0 unspecified atom stereocenters. The van der Waals surface area contributed by atoms with Crippen molar-refractivity contribution in [2.75, 3.05) is 0 Å². The van der Waals surface area contributed by atoms with Crippen LogP contribution in [0.15, 0.2) is 36.5 Å². The Kier molecular flexibility index (Phi) is 2.97. The molecule has 0 aliphatic carbocycles. The van der Waals surface area contributed by atoms with Crippen molar-refractivity contribution >= 4 is 5.65 Å². The van der Waals surface area contributed by atoms with Gasteiger partial charge in [0.2, 0.25) is 0 Å². The van der Waals surface area contributed by atoms with Crippen molar-refractivity contribution in [3.05, 3.63) is 53.3 Å². The average Bonchev–Trinajstić information content (AvgIpc) is 2.79. The fourth-order valence-electron chi connectivity index (χ4n) is 2.33. The van der Waals surface area contributed by atoms with E-state index in [1.807, 2.05) is 13.8 Å². The predicted molar refractivity (Wildman–Crippen MR) is 72.9 cm³/mol. The van der Waals surface area contributed by atoms with Gasteiger partial charge in [-0.3, -0.25) is 0 Å². The van der Waals surface area contributed by atoms with E-state index in [0.29, 0.717) is 5.65 Å². The monoisotopic (exact) mass is 291 g/mol. The number of alkyl halides is 3. The lowest BCUT2D eigenvalue weighted by molar-refractivity contribution is -0.137. The van der Waals surface area contributed by atoms with E-state index in [1.54, 1.807) is 18.3 Å². The molecule has 0 aliphatic heterocycles. The van der Waals surface area contributed by atoms with Crippen molar-refractivity contribution in [3.63, 3.8) is 0 Å². The first kappa shape index (κ1) is 13.6. The third-order valence-electron chi connectivity index (χ3n) is 3.24. The van der Waals surface area contributed by atoms with Crippen LogP contribution in [-0.2, 0) is 6.18 Å². The van der Waals surface area contributed by atoms with Gasteiger partial charge in [0.1, 0.15) is 0 Å². The van der Waals surface area contributed by atoms with Crippen molar-refractivity contribution in [1.29, 1.82) is 0 Å².